The van der Waals surface area contributed by atoms with Crippen molar-refractivity contribution in [3.05, 3.63) is 29.8 Å². The van der Waals surface area contributed by atoms with Gasteiger partial charge in [0.1, 0.15) is 5.60 Å². The zero-order chi connectivity index (χ0) is 20.0. The number of anilines is 1. The van der Waals surface area contributed by atoms with E-state index >= 15 is 0 Å². The first-order valence-corrected chi connectivity index (χ1v) is 10.3. The zero-order valence-corrected chi connectivity index (χ0v) is 17.2. The van der Waals surface area contributed by atoms with E-state index in [1.54, 1.807) is 0 Å². The zero-order valence-electron chi connectivity index (χ0n) is 17.2. The molecule has 3 aliphatic rings. The van der Waals surface area contributed by atoms with Crippen molar-refractivity contribution >= 4 is 11.8 Å². The number of hydrogen-bond donors (Lipinski definition) is 1. The van der Waals surface area contributed by atoms with E-state index < -0.39 is 5.79 Å². The standard InChI is InChI=1S/C22H32N2O4/c1-16(17-4-6-18(23)7-5-17)24-13-12-21(28-19(24)25)8-10-22(11-9-21)26-14-20(2,3)15-27-22/h4-7,16H,8-15,23H2,1-3H3/t16-/m0/s1. The first-order valence-electron chi connectivity index (χ1n) is 10.3. The quantitative estimate of drug-likeness (QED) is 0.767. The number of amides is 1. The monoisotopic (exact) mass is 388 g/mol. The highest BCUT2D eigenvalue weighted by Crippen LogP contribution is 2.47. The van der Waals surface area contributed by atoms with E-state index in [0.717, 1.165) is 43.4 Å². The van der Waals surface area contributed by atoms with Gasteiger partial charge in [0.05, 0.1) is 19.3 Å². The number of carbonyl (C=O) groups is 1. The fourth-order valence-corrected chi connectivity index (χ4v) is 4.48. The van der Waals surface area contributed by atoms with Crippen LogP contribution in [0.15, 0.2) is 24.3 Å². The van der Waals surface area contributed by atoms with Crippen LogP contribution in [0, 0.1) is 5.41 Å². The number of benzene rings is 1. The average Bonchev–Trinajstić information content (AvgIpc) is 2.67. The second kappa shape index (κ2) is 6.92. The molecule has 2 aliphatic heterocycles. The molecule has 3 fully saturated rings. The van der Waals surface area contributed by atoms with E-state index in [4.69, 9.17) is 19.9 Å². The minimum atomic E-state index is -0.485. The summed E-state index contributed by atoms with van der Waals surface area (Å²) in [6, 6.07) is 7.65. The van der Waals surface area contributed by atoms with Crippen LogP contribution in [0.2, 0.25) is 0 Å². The third-order valence-electron chi connectivity index (χ3n) is 6.61. The van der Waals surface area contributed by atoms with Crippen molar-refractivity contribution in [2.45, 2.75) is 70.3 Å². The summed E-state index contributed by atoms with van der Waals surface area (Å²) in [4.78, 5) is 14.6. The molecule has 6 nitrogen and oxygen atoms in total. The molecule has 0 bridgehead atoms. The van der Waals surface area contributed by atoms with Crippen molar-refractivity contribution in [2.75, 3.05) is 25.5 Å². The summed E-state index contributed by atoms with van der Waals surface area (Å²) < 4.78 is 18.3. The van der Waals surface area contributed by atoms with Crippen LogP contribution in [0.3, 0.4) is 0 Å². The van der Waals surface area contributed by atoms with Crippen LogP contribution >= 0.6 is 0 Å². The number of nitrogens with two attached hydrogens (primary N) is 1. The van der Waals surface area contributed by atoms with Gasteiger partial charge in [0.15, 0.2) is 5.79 Å². The molecule has 1 aromatic carbocycles. The Balaban J connectivity index is 1.37. The summed E-state index contributed by atoms with van der Waals surface area (Å²) in [6.07, 6.45) is 3.78. The SMILES string of the molecule is C[C@@H](c1ccc(N)cc1)N1CCC2(CCC3(CC2)OCC(C)(C)CO3)OC1=O. The van der Waals surface area contributed by atoms with Crippen molar-refractivity contribution in [3.63, 3.8) is 0 Å². The summed E-state index contributed by atoms with van der Waals surface area (Å²) in [5.41, 5.74) is 7.26. The molecule has 2 spiro atoms. The van der Waals surface area contributed by atoms with E-state index in [9.17, 15) is 4.79 Å². The second-order valence-corrected chi connectivity index (χ2v) is 9.49. The number of nitrogens with zero attached hydrogens (tertiary/aromatic N) is 1. The fraction of sp³-hybridized carbons (Fsp3) is 0.682. The van der Waals surface area contributed by atoms with Gasteiger partial charge in [-0.3, -0.25) is 0 Å². The Morgan fingerprint density at radius 2 is 1.61 bits per heavy atom. The Kier molecular flexibility index (Phi) is 4.82. The maximum absolute atomic E-state index is 12.8. The van der Waals surface area contributed by atoms with Crippen molar-refractivity contribution in [1.82, 2.24) is 4.90 Å². The lowest BCUT2D eigenvalue weighted by atomic mass is 9.77. The van der Waals surface area contributed by atoms with Crippen LogP contribution in [0.4, 0.5) is 10.5 Å². The summed E-state index contributed by atoms with van der Waals surface area (Å²) >= 11 is 0. The molecule has 1 saturated carbocycles. The van der Waals surface area contributed by atoms with E-state index in [0.29, 0.717) is 19.8 Å². The molecular weight excluding hydrogens is 356 g/mol. The average molecular weight is 389 g/mol. The Morgan fingerprint density at radius 3 is 2.18 bits per heavy atom. The Labute approximate surface area is 167 Å². The highest BCUT2D eigenvalue weighted by Gasteiger charge is 2.51. The van der Waals surface area contributed by atoms with Crippen LogP contribution < -0.4 is 5.73 Å². The number of ether oxygens (including phenoxy) is 3. The van der Waals surface area contributed by atoms with Crippen LogP contribution in [-0.4, -0.2) is 42.1 Å². The molecule has 4 rings (SSSR count). The molecule has 6 heteroatoms. The topological polar surface area (TPSA) is 74.0 Å². The first kappa shape index (κ1) is 19.5. The Bertz CT molecular complexity index is 711. The normalized spacial score (nSPS) is 26.8. The molecule has 2 heterocycles. The minimum absolute atomic E-state index is 0.0346. The predicted molar refractivity (Wildman–Crippen MR) is 107 cm³/mol. The second-order valence-electron chi connectivity index (χ2n) is 9.49. The summed E-state index contributed by atoms with van der Waals surface area (Å²) in [6.45, 7) is 8.48. The molecule has 28 heavy (non-hydrogen) atoms. The van der Waals surface area contributed by atoms with Crippen LogP contribution in [0.1, 0.15) is 64.5 Å². The lowest BCUT2D eigenvalue weighted by molar-refractivity contribution is -0.320. The van der Waals surface area contributed by atoms with E-state index in [1.807, 2.05) is 36.1 Å². The molecular formula is C22H32N2O4. The molecule has 1 atom stereocenters. The van der Waals surface area contributed by atoms with Crippen LogP contribution in [-0.2, 0) is 14.2 Å². The largest absolute Gasteiger partial charge is 0.443 e. The summed E-state index contributed by atoms with van der Waals surface area (Å²) in [5, 5.41) is 0. The number of carbonyl (C=O) groups excluding carboxylic acids is 1. The van der Waals surface area contributed by atoms with Crippen molar-refractivity contribution < 1.29 is 19.0 Å². The highest BCUT2D eigenvalue weighted by atomic mass is 16.7. The van der Waals surface area contributed by atoms with Crippen LogP contribution in [0.25, 0.3) is 0 Å². The Hall–Kier alpha value is -1.79. The van der Waals surface area contributed by atoms with Gasteiger partial charge in [0.2, 0.25) is 0 Å². The lowest BCUT2D eigenvalue weighted by Crippen LogP contribution is -2.56. The molecule has 0 radical (unpaired) electrons. The molecule has 154 valence electrons. The fourth-order valence-electron chi connectivity index (χ4n) is 4.48. The van der Waals surface area contributed by atoms with E-state index in [-0.39, 0.29) is 23.2 Å². The molecule has 1 amide bonds. The molecule has 0 unspecified atom stereocenters. The predicted octanol–water partition coefficient (Wildman–Crippen LogP) is 4.25. The van der Waals surface area contributed by atoms with Gasteiger partial charge in [-0.1, -0.05) is 26.0 Å². The smallest absolute Gasteiger partial charge is 0.410 e. The maximum atomic E-state index is 12.8. The van der Waals surface area contributed by atoms with E-state index in [1.165, 1.54) is 0 Å². The molecule has 1 aliphatic carbocycles. The molecule has 2 saturated heterocycles. The van der Waals surface area contributed by atoms with Gasteiger partial charge in [-0.2, -0.15) is 0 Å². The van der Waals surface area contributed by atoms with Crippen LogP contribution in [0.5, 0.6) is 0 Å². The minimum Gasteiger partial charge on any atom is -0.443 e. The molecule has 1 aromatic rings. The highest BCUT2D eigenvalue weighted by molar-refractivity contribution is 5.70. The number of hydrogen-bond acceptors (Lipinski definition) is 5. The van der Waals surface area contributed by atoms with Crippen molar-refractivity contribution in [1.29, 1.82) is 0 Å². The third-order valence-corrected chi connectivity index (χ3v) is 6.61. The first-order chi connectivity index (χ1) is 13.2. The van der Waals surface area contributed by atoms with Gasteiger partial charge in [-0.05, 0) is 37.5 Å². The van der Waals surface area contributed by atoms with Gasteiger partial charge in [-0.25, -0.2) is 4.79 Å². The Morgan fingerprint density at radius 1 is 1.00 bits per heavy atom. The van der Waals surface area contributed by atoms with Gasteiger partial charge in [0.25, 0.3) is 0 Å². The third kappa shape index (κ3) is 3.72. The van der Waals surface area contributed by atoms with Crippen molar-refractivity contribution in [3.8, 4) is 0 Å². The van der Waals surface area contributed by atoms with Gasteiger partial charge >= 0.3 is 6.09 Å². The van der Waals surface area contributed by atoms with Crippen molar-refractivity contribution in [2.24, 2.45) is 5.41 Å². The van der Waals surface area contributed by atoms with Gasteiger partial charge < -0.3 is 24.8 Å². The molecule has 2 N–H and O–H groups in total. The molecule has 0 aromatic heterocycles. The number of nitrogen functional groups attached to an aromatic ring is 1. The summed E-state index contributed by atoms with van der Waals surface area (Å²) in [7, 11) is 0. The van der Waals surface area contributed by atoms with Gasteiger partial charge in [0, 0.05) is 36.9 Å². The number of rotatable bonds is 2. The maximum Gasteiger partial charge on any atom is 0.410 e. The van der Waals surface area contributed by atoms with E-state index in [2.05, 4.69) is 13.8 Å². The van der Waals surface area contributed by atoms with Gasteiger partial charge in [-0.15, -0.1) is 0 Å². The lowest BCUT2D eigenvalue weighted by Gasteiger charge is -2.51. The summed E-state index contributed by atoms with van der Waals surface area (Å²) in [5.74, 6) is -0.485.